The predicted molar refractivity (Wildman–Crippen MR) is 45.6 cm³/mol. The third-order valence-corrected chi connectivity index (χ3v) is 2.18. The molecular formula is C7H14N4O. The Hall–Kier alpha value is -0.770. The third kappa shape index (κ3) is 2.11. The van der Waals surface area contributed by atoms with Crippen LogP contribution in [0.15, 0.2) is 5.11 Å². The van der Waals surface area contributed by atoms with E-state index in [0.29, 0.717) is 13.0 Å². The van der Waals surface area contributed by atoms with Crippen molar-refractivity contribution in [3.05, 3.63) is 10.4 Å². The van der Waals surface area contributed by atoms with Crippen molar-refractivity contribution in [2.75, 3.05) is 6.54 Å². The normalized spacial score (nSPS) is 29.9. The fourth-order valence-corrected chi connectivity index (χ4v) is 1.42. The Morgan fingerprint density at radius 1 is 1.67 bits per heavy atom. The Balaban J connectivity index is 2.51. The van der Waals surface area contributed by atoms with Crippen LogP contribution < -0.4 is 5.32 Å². The Kier molecular flexibility index (Phi) is 2.57. The zero-order valence-corrected chi connectivity index (χ0v) is 7.36. The van der Waals surface area contributed by atoms with Gasteiger partial charge in [-0.2, -0.15) is 0 Å². The first-order valence-corrected chi connectivity index (χ1v) is 4.04. The highest BCUT2D eigenvalue weighted by molar-refractivity contribution is 4.94. The quantitative estimate of drug-likeness (QED) is 0.365. The van der Waals surface area contributed by atoms with Crippen LogP contribution in [-0.4, -0.2) is 29.3 Å². The molecule has 1 aliphatic rings. The second-order valence-corrected chi connectivity index (χ2v) is 3.71. The van der Waals surface area contributed by atoms with E-state index in [2.05, 4.69) is 15.3 Å². The van der Waals surface area contributed by atoms with Gasteiger partial charge in [0.2, 0.25) is 0 Å². The van der Waals surface area contributed by atoms with Crippen molar-refractivity contribution in [1.82, 2.24) is 5.32 Å². The zero-order valence-electron chi connectivity index (χ0n) is 7.36. The molecular weight excluding hydrogens is 156 g/mol. The second-order valence-electron chi connectivity index (χ2n) is 3.71. The molecule has 2 atom stereocenters. The lowest BCUT2D eigenvalue weighted by molar-refractivity contribution is 0.0445. The van der Waals surface area contributed by atoms with Gasteiger partial charge in [-0.3, -0.25) is 0 Å². The summed E-state index contributed by atoms with van der Waals surface area (Å²) in [6.07, 6.45) is 0.716. The van der Waals surface area contributed by atoms with Gasteiger partial charge in [-0.25, -0.2) is 0 Å². The SMILES string of the molecule is CC(C)(O)[C@@H]1C[C@H](N=[N+]=[N-])CN1. The number of nitrogens with one attached hydrogen (secondary N) is 1. The van der Waals surface area contributed by atoms with Gasteiger partial charge >= 0.3 is 0 Å². The van der Waals surface area contributed by atoms with Gasteiger partial charge in [0.1, 0.15) is 0 Å². The van der Waals surface area contributed by atoms with Crippen LogP contribution >= 0.6 is 0 Å². The van der Waals surface area contributed by atoms with Gasteiger partial charge in [0, 0.05) is 17.5 Å². The maximum Gasteiger partial charge on any atom is 0.0744 e. The maximum absolute atomic E-state index is 9.61. The molecule has 5 nitrogen and oxygen atoms in total. The van der Waals surface area contributed by atoms with Crippen LogP contribution in [0.1, 0.15) is 20.3 Å². The van der Waals surface area contributed by atoms with E-state index >= 15 is 0 Å². The van der Waals surface area contributed by atoms with Crippen LogP contribution in [0.2, 0.25) is 0 Å². The molecule has 0 spiro atoms. The summed E-state index contributed by atoms with van der Waals surface area (Å²) in [6, 6.07) is 0.0272. The fraction of sp³-hybridized carbons (Fsp3) is 1.00. The number of azide groups is 1. The molecule has 0 saturated carbocycles. The van der Waals surface area contributed by atoms with Crippen molar-refractivity contribution in [1.29, 1.82) is 0 Å². The zero-order chi connectivity index (χ0) is 9.19. The smallest absolute Gasteiger partial charge is 0.0744 e. The van der Waals surface area contributed by atoms with Gasteiger partial charge < -0.3 is 10.4 Å². The van der Waals surface area contributed by atoms with E-state index in [-0.39, 0.29) is 12.1 Å². The van der Waals surface area contributed by atoms with Gasteiger partial charge in [-0.15, -0.1) is 0 Å². The molecule has 0 unspecified atom stereocenters. The summed E-state index contributed by atoms with van der Waals surface area (Å²) in [4.78, 5) is 2.74. The van der Waals surface area contributed by atoms with E-state index in [9.17, 15) is 5.11 Å². The van der Waals surface area contributed by atoms with Crippen LogP contribution in [0.3, 0.4) is 0 Å². The number of hydrogen-bond acceptors (Lipinski definition) is 3. The molecule has 1 saturated heterocycles. The lowest BCUT2D eigenvalue weighted by Gasteiger charge is -2.25. The number of aliphatic hydroxyl groups is 1. The van der Waals surface area contributed by atoms with E-state index in [0.717, 1.165) is 0 Å². The van der Waals surface area contributed by atoms with Crippen LogP contribution in [0.4, 0.5) is 0 Å². The molecule has 1 rings (SSSR count). The summed E-state index contributed by atoms with van der Waals surface area (Å²) in [5, 5.41) is 16.3. The largest absolute Gasteiger partial charge is 0.389 e. The molecule has 0 radical (unpaired) electrons. The van der Waals surface area contributed by atoms with Gasteiger partial charge in [0.25, 0.3) is 0 Å². The predicted octanol–water partition coefficient (Wildman–Crippen LogP) is 0.798. The van der Waals surface area contributed by atoms with Crippen molar-refractivity contribution >= 4 is 0 Å². The van der Waals surface area contributed by atoms with Gasteiger partial charge in [-0.05, 0) is 25.8 Å². The number of hydrogen-bond donors (Lipinski definition) is 2. The van der Waals surface area contributed by atoms with Crippen LogP contribution in [0, 0.1) is 0 Å². The summed E-state index contributed by atoms with van der Waals surface area (Å²) in [6.45, 7) is 4.17. The van der Waals surface area contributed by atoms with Crippen molar-refractivity contribution in [3.63, 3.8) is 0 Å². The summed E-state index contributed by atoms with van der Waals surface area (Å²) >= 11 is 0. The average molecular weight is 170 g/mol. The van der Waals surface area contributed by atoms with E-state index in [4.69, 9.17) is 5.53 Å². The molecule has 0 aromatic rings. The molecule has 12 heavy (non-hydrogen) atoms. The molecule has 5 heteroatoms. The molecule has 1 fully saturated rings. The molecule has 1 heterocycles. The molecule has 2 N–H and O–H groups in total. The molecule has 1 aliphatic heterocycles. The number of nitrogens with zero attached hydrogens (tertiary/aromatic N) is 3. The molecule has 0 bridgehead atoms. The molecule has 0 aromatic carbocycles. The Labute approximate surface area is 71.4 Å². The monoisotopic (exact) mass is 170 g/mol. The Bertz CT molecular complexity index is 204. The second kappa shape index (κ2) is 3.31. The summed E-state index contributed by atoms with van der Waals surface area (Å²) in [7, 11) is 0. The first-order valence-electron chi connectivity index (χ1n) is 4.04. The summed E-state index contributed by atoms with van der Waals surface area (Å²) in [5.74, 6) is 0. The number of rotatable bonds is 2. The molecule has 0 aromatic heterocycles. The first kappa shape index (κ1) is 9.32. The topological polar surface area (TPSA) is 81.0 Å². The van der Waals surface area contributed by atoms with E-state index in [1.54, 1.807) is 13.8 Å². The van der Waals surface area contributed by atoms with Crippen molar-refractivity contribution in [2.24, 2.45) is 5.11 Å². The van der Waals surface area contributed by atoms with Crippen molar-refractivity contribution in [3.8, 4) is 0 Å². The van der Waals surface area contributed by atoms with Crippen LogP contribution in [0.5, 0.6) is 0 Å². The van der Waals surface area contributed by atoms with Crippen LogP contribution in [-0.2, 0) is 0 Å². The van der Waals surface area contributed by atoms with E-state index < -0.39 is 5.60 Å². The minimum absolute atomic E-state index is 0.00794. The van der Waals surface area contributed by atoms with E-state index in [1.807, 2.05) is 0 Å². The highest BCUT2D eigenvalue weighted by Gasteiger charge is 2.33. The Morgan fingerprint density at radius 3 is 2.75 bits per heavy atom. The minimum Gasteiger partial charge on any atom is -0.389 e. The lowest BCUT2D eigenvalue weighted by Crippen LogP contribution is -2.42. The average Bonchev–Trinajstić information content (AvgIpc) is 2.35. The highest BCUT2D eigenvalue weighted by atomic mass is 16.3. The molecule has 0 aliphatic carbocycles. The Morgan fingerprint density at radius 2 is 2.33 bits per heavy atom. The standard InChI is InChI=1S/C7H14N4O/c1-7(2,12)6-3-5(4-9-6)10-11-8/h5-6,9,12H,3-4H2,1-2H3/t5-,6-/m0/s1. The molecule has 68 valence electrons. The van der Waals surface area contributed by atoms with Crippen molar-refractivity contribution < 1.29 is 5.11 Å². The van der Waals surface area contributed by atoms with Gasteiger partial charge in [-0.1, -0.05) is 5.11 Å². The maximum atomic E-state index is 9.61. The third-order valence-electron chi connectivity index (χ3n) is 2.18. The van der Waals surface area contributed by atoms with Gasteiger partial charge in [0.05, 0.1) is 11.6 Å². The minimum atomic E-state index is -0.736. The lowest BCUT2D eigenvalue weighted by atomic mass is 9.97. The summed E-state index contributed by atoms with van der Waals surface area (Å²) < 4.78 is 0. The van der Waals surface area contributed by atoms with Crippen LogP contribution in [0.25, 0.3) is 10.4 Å². The first-order chi connectivity index (χ1) is 5.54. The fourth-order valence-electron chi connectivity index (χ4n) is 1.42. The van der Waals surface area contributed by atoms with Crippen molar-refractivity contribution in [2.45, 2.75) is 38.0 Å². The summed E-state index contributed by atoms with van der Waals surface area (Å²) in [5.41, 5.74) is 7.45. The van der Waals surface area contributed by atoms with E-state index in [1.165, 1.54) is 0 Å². The highest BCUT2D eigenvalue weighted by Crippen LogP contribution is 2.20. The van der Waals surface area contributed by atoms with Gasteiger partial charge in [0.15, 0.2) is 0 Å². The molecule has 0 amide bonds.